The second kappa shape index (κ2) is 11.5. The van der Waals surface area contributed by atoms with Gasteiger partial charge in [-0.15, -0.1) is 0 Å². The van der Waals surface area contributed by atoms with E-state index in [1.54, 1.807) is 54.6 Å². The molecular weight excluding hydrogens is 481 g/mol. The van der Waals surface area contributed by atoms with Crippen LogP contribution in [0, 0.1) is 5.82 Å². The Hall–Kier alpha value is -4.16. The standard InChI is InChI=1S/C29H23ClFNO4/c30-24-13-14-27(36-18-23-3-1-2-4-26(23)31)25(17-24)28(33)32-16-15-19-5-7-20(8-6-19)21-9-11-22(12-10-21)29(34)35/h1-14,17H,15-16,18H2,(H,32,33)(H,34,35). The van der Waals surface area contributed by atoms with Gasteiger partial charge in [0.1, 0.15) is 18.2 Å². The van der Waals surface area contributed by atoms with Crippen molar-refractivity contribution in [1.29, 1.82) is 0 Å². The Kier molecular flexibility index (Phi) is 7.98. The van der Waals surface area contributed by atoms with E-state index in [0.717, 1.165) is 16.7 Å². The summed E-state index contributed by atoms with van der Waals surface area (Å²) >= 11 is 6.10. The van der Waals surface area contributed by atoms with Gasteiger partial charge in [-0.25, -0.2) is 9.18 Å². The predicted octanol–water partition coefficient (Wildman–Crippen LogP) is 6.40. The molecule has 0 aliphatic rings. The Labute approximate surface area is 213 Å². The molecule has 182 valence electrons. The number of carboxylic acid groups (broad SMARTS) is 1. The molecule has 2 N–H and O–H groups in total. The summed E-state index contributed by atoms with van der Waals surface area (Å²) < 4.78 is 19.6. The quantitative estimate of drug-likeness (QED) is 0.277. The molecule has 0 saturated heterocycles. The highest BCUT2D eigenvalue weighted by molar-refractivity contribution is 6.31. The monoisotopic (exact) mass is 503 g/mol. The van der Waals surface area contributed by atoms with Crippen molar-refractivity contribution < 1.29 is 23.8 Å². The van der Waals surface area contributed by atoms with Crippen LogP contribution in [-0.2, 0) is 13.0 Å². The average molecular weight is 504 g/mol. The van der Waals surface area contributed by atoms with Gasteiger partial charge in [-0.2, -0.15) is 0 Å². The molecule has 0 aromatic heterocycles. The maximum atomic E-state index is 13.9. The lowest BCUT2D eigenvalue weighted by molar-refractivity contribution is 0.0696. The van der Waals surface area contributed by atoms with Gasteiger partial charge in [0.2, 0.25) is 0 Å². The van der Waals surface area contributed by atoms with Gasteiger partial charge in [-0.3, -0.25) is 4.79 Å². The summed E-state index contributed by atoms with van der Waals surface area (Å²) in [5, 5.41) is 12.3. The molecule has 4 rings (SSSR count). The number of benzene rings is 4. The molecule has 1 amide bonds. The van der Waals surface area contributed by atoms with Gasteiger partial charge in [-0.05, 0) is 59.5 Å². The first-order valence-corrected chi connectivity index (χ1v) is 11.6. The van der Waals surface area contributed by atoms with Crippen LogP contribution in [0.15, 0.2) is 91.0 Å². The normalized spacial score (nSPS) is 10.6. The van der Waals surface area contributed by atoms with Crippen molar-refractivity contribution in [2.75, 3.05) is 6.54 Å². The fourth-order valence-corrected chi connectivity index (χ4v) is 3.83. The maximum absolute atomic E-state index is 13.9. The number of amides is 1. The van der Waals surface area contributed by atoms with Crippen molar-refractivity contribution >= 4 is 23.5 Å². The van der Waals surface area contributed by atoms with E-state index < -0.39 is 5.97 Å². The molecule has 4 aromatic carbocycles. The number of hydrogen-bond acceptors (Lipinski definition) is 3. The Balaban J connectivity index is 1.35. The summed E-state index contributed by atoms with van der Waals surface area (Å²) in [4.78, 5) is 23.8. The van der Waals surface area contributed by atoms with Crippen LogP contribution in [0.4, 0.5) is 4.39 Å². The first-order chi connectivity index (χ1) is 17.4. The molecule has 5 nitrogen and oxygen atoms in total. The van der Waals surface area contributed by atoms with E-state index in [9.17, 15) is 14.0 Å². The number of carbonyl (C=O) groups is 2. The highest BCUT2D eigenvalue weighted by atomic mass is 35.5. The van der Waals surface area contributed by atoms with E-state index in [0.29, 0.717) is 29.3 Å². The van der Waals surface area contributed by atoms with Crippen LogP contribution >= 0.6 is 11.6 Å². The van der Waals surface area contributed by atoms with Crippen molar-refractivity contribution in [3.8, 4) is 16.9 Å². The summed E-state index contributed by atoms with van der Waals surface area (Å²) in [6.07, 6.45) is 0.607. The maximum Gasteiger partial charge on any atom is 0.335 e. The minimum atomic E-state index is -0.958. The van der Waals surface area contributed by atoms with Crippen LogP contribution in [0.25, 0.3) is 11.1 Å². The first kappa shape index (κ1) is 24.9. The lowest BCUT2D eigenvalue weighted by Gasteiger charge is -2.13. The largest absolute Gasteiger partial charge is 0.488 e. The van der Waals surface area contributed by atoms with Crippen molar-refractivity contribution in [2.24, 2.45) is 0 Å². The first-order valence-electron chi connectivity index (χ1n) is 11.3. The SMILES string of the molecule is O=C(O)c1ccc(-c2ccc(CCNC(=O)c3cc(Cl)ccc3OCc3ccccc3F)cc2)cc1. The van der Waals surface area contributed by atoms with Crippen LogP contribution in [-0.4, -0.2) is 23.5 Å². The molecule has 4 aromatic rings. The molecule has 0 heterocycles. The molecule has 0 spiro atoms. The molecule has 0 aliphatic heterocycles. The predicted molar refractivity (Wildman–Crippen MR) is 137 cm³/mol. The molecular formula is C29H23ClFNO4. The third kappa shape index (κ3) is 6.29. The summed E-state index contributed by atoms with van der Waals surface area (Å²) in [7, 11) is 0. The van der Waals surface area contributed by atoms with E-state index in [-0.39, 0.29) is 29.5 Å². The number of ether oxygens (including phenoxy) is 1. The Bertz CT molecular complexity index is 1370. The summed E-state index contributed by atoms with van der Waals surface area (Å²) in [6, 6.07) is 25.6. The smallest absolute Gasteiger partial charge is 0.335 e. The number of aromatic carboxylic acids is 1. The molecule has 0 atom stereocenters. The molecule has 36 heavy (non-hydrogen) atoms. The average Bonchev–Trinajstić information content (AvgIpc) is 2.89. The second-order valence-electron chi connectivity index (χ2n) is 8.11. The van der Waals surface area contributed by atoms with Gasteiger partial charge in [0.15, 0.2) is 0 Å². The zero-order chi connectivity index (χ0) is 25.5. The summed E-state index contributed by atoms with van der Waals surface area (Å²) in [5.74, 6) is -1.35. The number of halogens is 2. The molecule has 0 bridgehead atoms. The van der Waals surface area contributed by atoms with Gasteiger partial charge in [-0.1, -0.05) is 66.2 Å². The van der Waals surface area contributed by atoms with Crippen LogP contribution in [0.1, 0.15) is 31.8 Å². The van der Waals surface area contributed by atoms with E-state index in [1.807, 2.05) is 24.3 Å². The van der Waals surface area contributed by atoms with Crippen molar-refractivity contribution in [3.05, 3.63) is 124 Å². The second-order valence-corrected chi connectivity index (χ2v) is 8.54. The van der Waals surface area contributed by atoms with Crippen molar-refractivity contribution in [2.45, 2.75) is 13.0 Å². The number of carboxylic acids is 1. The van der Waals surface area contributed by atoms with Gasteiger partial charge in [0, 0.05) is 17.1 Å². The molecule has 7 heteroatoms. The zero-order valence-corrected chi connectivity index (χ0v) is 20.0. The molecule has 0 saturated carbocycles. The van der Waals surface area contributed by atoms with E-state index in [4.69, 9.17) is 21.4 Å². The third-order valence-corrected chi connectivity index (χ3v) is 5.88. The molecule has 0 radical (unpaired) electrons. The fourth-order valence-electron chi connectivity index (χ4n) is 3.66. The fraction of sp³-hybridized carbons (Fsp3) is 0.103. The molecule has 0 aliphatic carbocycles. The van der Waals surface area contributed by atoms with Gasteiger partial charge in [0.05, 0.1) is 11.1 Å². The Morgan fingerprint density at radius 3 is 2.22 bits per heavy atom. The van der Waals surface area contributed by atoms with E-state index >= 15 is 0 Å². The summed E-state index contributed by atoms with van der Waals surface area (Å²) in [5.41, 5.74) is 3.83. The van der Waals surface area contributed by atoms with Gasteiger partial charge >= 0.3 is 5.97 Å². The van der Waals surface area contributed by atoms with Gasteiger partial charge in [0.25, 0.3) is 5.91 Å². The lowest BCUT2D eigenvalue weighted by atomic mass is 10.0. The highest BCUT2D eigenvalue weighted by Crippen LogP contribution is 2.25. The molecule has 0 unspecified atom stereocenters. The highest BCUT2D eigenvalue weighted by Gasteiger charge is 2.14. The van der Waals surface area contributed by atoms with Crippen LogP contribution in [0.5, 0.6) is 5.75 Å². The molecule has 0 fully saturated rings. The minimum Gasteiger partial charge on any atom is -0.488 e. The summed E-state index contributed by atoms with van der Waals surface area (Å²) in [6.45, 7) is 0.380. The topological polar surface area (TPSA) is 75.6 Å². The van der Waals surface area contributed by atoms with Gasteiger partial charge < -0.3 is 15.2 Å². The lowest BCUT2D eigenvalue weighted by Crippen LogP contribution is -2.26. The van der Waals surface area contributed by atoms with Crippen LogP contribution in [0.3, 0.4) is 0 Å². The number of hydrogen-bond donors (Lipinski definition) is 2. The Morgan fingerprint density at radius 1 is 0.889 bits per heavy atom. The Morgan fingerprint density at radius 2 is 1.56 bits per heavy atom. The van der Waals surface area contributed by atoms with E-state index in [2.05, 4.69) is 5.32 Å². The number of rotatable bonds is 9. The number of carbonyl (C=O) groups excluding carboxylic acids is 1. The number of nitrogens with one attached hydrogen (secondary N) is 1. The van der Waals surface area contributed by atoms with Crippen molar-refractivity contribution in [3.63, 3.8) is 0 Å². The van der Waals surface area contributed by atoms with Crippen molar-refractivity contribution in [1.82, 2.24) is 5.32 Å². The zero-order valence-electron chi connectivity index (χ0n) is 19.2. The minimum absolute atomic E-state index is 0.0139. The van der Waals surface area contributed by atoms with Crippen LogP contribution in [0.2, 0.25) is 5.02 Å². The van der Waals surface area contributed by atoms with E-state index in [1.165, 1.54) is 12.1 Å². The third-order valence-electron chi connectivity index (χ3n) is 5.65. The van der Waals surface area contributed by atoms with Crippen LogP contribution < -0.4 is 10.1 Å².